The van der Waals surface area contributed by atoms with Crippen molar-refractivity contribution in [2.24, 2.45) is 0 Å². The van der Waals surface area contributed by atoms with Crippen molar-refractivity contribution in [3.63, 3.8) is 0 Å². The summed E-state index contributed by atoms with van der Waals surface area (Å²) in [5, 5.41) is 9.44. The van der Waals surface area contributed by atoms with Gasteiger partial charge in [0.15, 0.2) is 5.82 Å². The lowest BCUT2D eigenvalue weighted by molar-refractivity contribution is -0.171. The SMILES string of the molecule is CN1CCC(c2ccc(C(=O)Nc3n[nH]c4ccc(OCc5cc(Cl)ccc5C(F)(F)F)nc34)c(N(C(=O)C(F)(F)F)C3CCOCC3)c2)CC1. The van der Waals surface area contributed by atoms with Crippen LogP contribution in [0.5, 0.6) is 5.88 Å². The number of halogens is 7. The van der Waals surface area contributed by atoms with Crippen LogP contribution in [0.2, 0.25) is 5.02 Å². The summed E-state index contributed by atoms with van der Waals surface area (Å²) in [4.78, 5) is 34.1. The number of carbonyl (C=O) groups is 2. The first kappa shape index (κ1) is 36.4. The number of likely N-dealkylation sites (tertiary alicyclic amines) is 1. The van der Waals surface area contributed by atoms with Crippen molar-refractivity contribution in [2.45, 2.75) is 56.6 Å². The van der Waals surface area contributed by atoms with Crippen molar-refractivity contribution in [1.29, 1.82) is 0 Å². The molecule has 2 aromatic carbocycles. The van der Waals surface area contributed by atoms with Crippen LogP contribution in [0, 0.1) is 0 Å². The molecule has 2 N–H and O–H groups in total. The van der Waals surface area contributed by atoms with Crippen molar-refractivity contribution >= 4 is 46.0 Å². The van der Waals surface area contributed by atoms with Crippen LogP contribution in [0.4, 0.5) is 37.8 Å². The van der Waals surface area contributed by atoms with E-state index in [0.717, 1.165) is 44.1 Å². The Hall–Kier alpha value is -4.41. The molecular formula is C34H33ClF6N6O4. The Kier molecular flexibility index (Phi) is 10.5. The number of ether oxygens (including phenoxy) is 2. The quantitative estimate of drug-likeness (QED) is 0.182. The van der Waals surface area contributed by atoms with Crippen molar-refractivity contribution in [2.75, 3.05) is 43.6 Å². The fourth-order valence-electron chi connectivity index (χ4n) is 6.42. The number of nitrogens with zero attached hydrogens (tertiary/aromatic N) is 4. The molecule has 4 heterocycles. The van der Waals surface area contributed by atoms with Crippen LogP contribution in [0.25, 0.3) is 11.0 Å². The maximum absolute atomic E-state index is 14.1. The number of anilines is 2. The number of amides is 2. The number of benzene rings is 2. The molecule has 51 heavy (non-hydrogen) atoms. The van der Waals surface area contributed by atoms with Gasteiger partial charge in [0.25, 0.3) is 5.91 Å². The summed E-state index contributed by atoms with van der Waals surface area (Å²) in [6, 6.07) is 9.70. The number of H-pyrrole nitrogens is 1. The van der Waals surface area contributed by atoms with Gasteiger partial charge in [0.2, 0.25) is 5.88 Å². The molecule has 6 rings (SSSR count). The average Bonchev–Trinajstić information content (AvgIpc) is 3.48. The second-order valence-corrected chi connectivity index (χ2v) is 13.0. The molecule has 2 aliphatic rings. The van der Waals surface area contributed by atoms with Crippen molar-refractivity contribution < 1.29 is 45.4 Å². The molecule has 0 bridgehead atoms. The zero-order valence-electron chi connectivity index (χ0n) is 27.2. The van der Waals surface area contributed by atoms with Gasteiger partial charge in [-0.15, -0.1) is 0 Å². The highest BCUT2D eigenvalue weighted by molar-refractivity contribution is 6.30. The molecule has 2 aliphatic heterocycles. The van der Waals surface area contributed by atoms with Crippen molar-refractivity contribution in [3.05, 3.63) is 75.8 Å². The van der Waals surface area contributed by atoms with Crippen LogP contribution in [0.1, 0.15) is 58.6 Å². The van der Waals surface area contributed by atoms with Crippen LogP contribution < -0.4 is 15.0 Å². The summed E-state index contributed by atoms with van der Waals surface area (Å²) in [6.45, 7) is 1.32. The minimum atomic E-state index is -5.22. The highest BCUT2D eigenvalue weighted by Crippen LogP contribution is 2.37. The predicted molar refractivity (Wildman–Crippen MR) is 176 cm³/mol. The molecular weight excluding hydrogens is 706 g/mol. The third kappa shape index (κ3) is 8.23. The summed E-state index contributed by atoms with van der Waals surface area (Å²) in [5.41, 5.74) is -0.428. The zero-order valence-corrected chi connectivity index (χ0v) is 28.0. The van der Waals surface area contributed by atoms with Crippen LogP contribution >= 0.6 is 11.6 Å². The topological polar surface area (TPSA) is 113 Å². The molecule has 2 aromatic heterocycles. The van der Waals surface area contributed by atoms with Gasteiger partial charge in [-0.2, -0.15) is 31.4 Å². The Balaban J connectivity index is 1.32. The molecule has 0 radical (unpaired) electrons. The molecule has 0 spiro atoms. The zero-order chi connectivity index (χ0) is 36.5. The summed E-state index contributed by atoms with van der Waals surface area (Å²) in [6.07, 6.45) is -8.11. The van der Waals surface area contributed by atoms with E-state index in [-0.39, 0.29) is 71.0 Å². The fourth-order valence-corrected chi connectivity index (χ4v) is 6.62. The summed E-state index contributed by atoms with van der Waals surface area (Å²) >= 11 is 5.92. The Labute approximate surface area is 293 Å². The molecule has 0 saturated carbocycles. The minimum absolute atomic E-state index is 0.00613. The normalized spacial score (nSPS) is 16.7. The van der Waals surface area contributed by atoms with Gasteiger partial charge in [-0.1, -0.05) is 17.7 Å². The highest BCUT2D eigenvalue weighted by atomic mass is 35.5. The number of rotatable bonds is 8. The fraction of sp³-hybridized carbons (Fsp3) is 0.412. The maximum Gasteiger partial charge on any atom is 0.471 e. The number of fused-ring (bicyclic) bond motifs is 1. The van der Waals surface area contributed by atoms with E-state index in [4.69, 9.17) is 21.1 Å². The summed E-state index contributed by atoms with van der Waals surface area (Å²) in [5.74, 6) is -3.17. The van der Waals surface area contributed by atoms with Crippen LogP contribution in [0.15, 0.2) is 48.5 Å². The van der Waals surface area contributed by atoms with E-state index in [2.05, 4.69) is 25.4 Å². The molecule has 0 atom stereocenters. The number of aromatic nitrogens is 3. The molecule has 0 unspecified atom stereocenters. The molecule has 17 heteroatoms. The Morgan fingerprint density at radius 1 is 1.02 bits per heavy atom. The molecule has 4 aromatic rings. The van der Waals surface area contributed by atoms with Gasteiger partial charge in [-0.25, -0.2) is 4.98 Å². The summed E-state index contributed by atoms with van der Waals surface area (Å²) < 4.78 is 94.0. The van der Waals surface area contributed by atoms with Gasteiger partial charge < -0.3 is 24.6 Å². The Morgan fingerprint density at radius 3 is 2.43 bits per heavy atom. The number of pyridine rings is 1. The number of hydrogen-bond acceptors (Lipinski definition) is 7. The van der Waals surface area contributed by atoms with Crippen LogP contribution in [-0.2, 0) is 22.3 Å². The lowest BCUT2D eigenvalue weighted by Gasteiger charge is -2.36. The third-order valence-corrected chi connectivity index (χ3v) is 9.33. The maximum atomic E-state index is 14.1. The van der Waals surface area contributed by atoms with Gasteiger partial charge >= 0.3 is 18.3 Å². The highest BCUT2D eigenvalue weighted by Gasteiger charge is 2.46. The number of nitrogens with one attached hydrogen (secondary N) is 2. The van der Waals surface area contributed by atoms with E-state index in [0.29, 0.717) is 16.0 Å². The number of piperidine rings is 1. The predicted octanol–water partition coefficient (Wildman–Crippen LogP) is 7.34. The van der Waals surface area contributed by atoms with E-state index in [1.807, 2.05) is 7.05 Å². The largest absolute Gasteiger partial charge is 0.473 e. The first-order valence-electron chi connectivity index (χ1n) is 16.1. The number of aromatic amines is 1. The molecule has 272 valence electrons. The Morgan fingerprint density at radius 2 is 1.75 bits per heavy atom. The number of hydrogen-bond donors (Lipinski definition) is 2. The molecule has 2 saturated heterocycles. The van der Waals surface area contributed by atoms with Gasteiger partial charge in [-0.05, 0) is 93.7 Å². The molecule has 10 nitrogen and oxygen atoms in total. The van der Waals surface area contributed by atoms with Gasteiger partial charge in [0.05, 0.1) is 22.3 Å². The van der Waals surface area contributed by atoms with Gasteiger partial charge in [0, 0.05) is 35.9 Å². The monoisotopic (exact) mass is 738 g/mol. The Bertz CT molecular complexity index is 1900. The van der Waals surface area contributed by atoms with Gasteiger partial charge in [0.1, 0.15) is 12.1 Å². The van der Waals surface area contributed by atoms with E-state index in [9.17, 15) is 35.9 Å². The molecule has 2 amide bonds. The van der Waals surface area contributed by atoms with E-state index in [1.54, 1.807) is 6.07 Å². The second kappa shape index (κ2) is 14.7. The van der Waals surface area contributed by atoms with Crippen molar-refractivity contribution in [1.82, 2.24) is 20.1 Å². The van der Waals surface area contributed by atoms with E-state index in [1.165, 1.54) is 24.3 Å². The van der Waals surface area contributed by atoms with E-state index < -0.39 is 42.4 Å². The second-order valence-electron chi connectivity index (χ2n) is 12.5. The van der Waals surface area contributed by atoms with Crippen molar-refractivity contribution in [3.8, 4) is 5.88 Å². The lowest BCUT2D eigenvalue weighted by Crippen LogP contribution is -2.50. The minimum Gasteiger partial charge on any atom is -0.473 e. The smallest absolute Gasteiger partial charge is 0.471 e. The van der Waals surface area contributed by atoms with E-state index >= 15 is 0 Å². The lowest BCUT2D eigenvalue weighted by atomic mass is 9.88. The summed E-state index contributed by atoms with van der Waals surface area (Å²) in [7, 11) is 1.98. The third-order valence-electron chi connectivity index (χ3n) is 9.10. The molecule has 0 aliphatic carbocycles. The first-order valence-corrected chi connectivity index (χ1v) is 16.5. The standard InChI is InChI=1S/C34H33ClF6N6O4/c1-46-12-8-19(9-13-46)20-2-4-24(27(17-20)47(32(49)34(39,40)41)23-10-14-50-15-11-23)31(48)43-30-29-26(44-45-30)6-7-28(42-29)51-18-21-16-22(35)3-5-25(21)33(36,37)38/h2-7,16-17,19,23H,8-15,18H2,1H3,(H2,43,44,45,48). The number of carbonyl (C=O) groups excluding carboxylic acids is 2. The van der Waals surface area contributed by atoms with Crippen LogP contribution in [-0.4, -0.2) is 77.5 Å². The number of alkyl halides is 6. The average molecular weight is 739 g/mol. The first-order chi connectivity index (χ1) is 24.2. The van der Waals surface area contributed by atoms with Gasteiger partial charge in [-0.3, -0.25) is 14.7 Å². The van der Waals surface area contributed by atoms with Crippen LogP contribution in [0.3, 0.4) is 0 Å². The molecule has 2 fully saturated rings.